The van der Waals surface area contributed by atoms with Gasteiger partial charge in [-0.3, -0.25) is 9.59 Å². The van der Waals surface area contributed by atoms with Crippen LogP contribution in [-0.2, 0) is 16.0 Å². The summed E-state index contributed by atoms with van der Waals surface area (Å²) in [4.78, 5) is 24.2. The Hall–Kier alpha value is -1.96. The van der Waals surface area contributed by atoms with Crippen molar-refractivity contribution in [2.75, 3.05) is 0 Å². The summed E-state index contributed by atoms with van der Waals surface area (Å²) in [7, 11) is 0. The van der Waals surface area contributed by atoms with Crippen molar-refractivity contribution in [3.05, 3.63) is 53.1 Å². The number of fused-ring (bicyclic) bond motifs is 2. The third-order valence-electron chi connectivity index (χ3n) is 5.60. The van der Waals surface area contributed by atoms with Gasteiger partial charge in [-0.1, -0.05) is 56.0 Å². The van der Waals surface area contributed by atoms with Gasteiger partial charge in [0, 0.05) is 19.3 Å². The van der Waals surface area contributed by atoms with Crippen LogP contribution in [0.4, 0.5) is 0 Å². The van der Waals surface area contributed by atoms with Crippen LogP contribution in [-0.4, -0.2) is 11.6 Å². The number of carbonyl (C=O) groups excluding carboxylic acids is 2. The summed E-state index contributed by atoms with van der Waals surface area (Å²) in [5, 5.41) is 0. The fraction of sp³-hybridized carbons (Fsp3) is 0.500. The highest BCUT2D eigenvalue weighted by atomic mass is 16.1. The van der Waals surface area contributed by atoms with E-state index in [0.717, 1.165) is 32.1 Å². The second-order valence-corrected chi connectivity index (χ2v) is 7.65. The zero-order chi connectivity index (χ0) is 18.2. The van der Waals surface area contributed by atoms with Crippen molar-refractivity contribution >= 4 is 17.1 Å². The third kappa shape index (κ3) is 5.27. The number of benzene rings is 1. The molecule has 2 aliphatic carbocycles. The fourth-order valence-electron chi connectivity index (χ4n) is 4.12. The molecule has 138 valence electrons. The van der Waals surface area contributed by atoms with Crippen LogP contribution in [0.15, 0.2) is 42.0 Å². The zero-order valence-corrected chi connectivity index (χ0v) is 15.8. The summed E-state index contributed by atoms with van der Waals surface area (Å²) in [5.41, 5.74) is 5.05. The first-order valence-electron chi connectivity index (χ1n) is 10.3. The molecule has 2 aliphatic rings. The highest BCUT2D eigenvalue weighted by molar-refractivity contribution is 6.01. The summed E-state index contributed by atoms with van der Waals surface area (Å²) in [6.45, 7) is 0. The minimum atomic E-state index is 0.184. The maximum absolute atomic E-state index is 12.1. The number of ketones is 2. The molecule has 0 unspecified atom stereocenters. The Bertz CT molecular complexity index is 709. The van der Waals surface area contributed by atoms with Crippen LogP contribution < -0.4 is 0 Å². The minimum Gasteiger partial charge on any atom is -0.300 e. The molecule has 0 spiro atoms. The molecule has 1 aromatic rings. The van der Waals surface area contributed by atoms with Gasteiger partial charge in [-0.05, 0) is 60.5 Å². The summed E-state index contributed by atoms with van der Waals surface area (Å²) in [6.07, 6.45) is 15.6. The van der Waals surface area contributed by atoms with Gasteiger partial charge >= 0.3 is 0 Å². The number of hydrogen-bond acceptors (Lipinski definition) is 2. The van der Waals surface area contributed by atoms with Crippen LogP contribution in [0, 0.1) is 0 Å². The first-order chi connectivity index (χ1) is 12.7. The van der Waals surface area contributed by atoms with Crippen LogP contribution in [0.5, 0.6) is 0 Å². The third-order valence-corrected chi connectivity index (χ3v) is 5.60. The molecule has 0 heterocycles. The lowest BCUT2D eigenvalue weighted by molar-refractivity contribution is -0.119. The Balaban J connectivity index is 1.86. The Morgan fingerprint density at radius 3 is 2.19 bits per heavy atom. The van der Waals surface area contributed by atoms with E-state index in [1.54, 1.807) is 6.08 Å². The largest absolute Gasteiger partial charge is 0.300 e. The molecule has 3 rings (SSSR count). The first kappa shape index (κ1) is 18.8. The van der Waals surface area contributed by atoms with Gasteiger partial charge < -0.3 is 0 Å². The van der Waals surface area contributed by atoms with Crippen molar-refractivity contribution in [1.29, 1.82) is 0 Å². The van der Waals surface area contributed by atoms with Crippen molar-refractivity contribution in [3.8, 4) is 0 Å². The summed E-state index contributed by atoms with van der Waals surface area (Å²) in [5.74, 6) is 0.583. The Kier molecular flexibility index (Phi) is 6.99. The van der Waals surface area contributed by atoms with Gasteiger partial charge in [0.25, 0.3) is 0 Å². The lowest BCUT2D eigenvalue weighted by Crippen LogP contribution is -2.07. The molecule has 1 aromatic carbocycles. The number of allylic oxidation sites excluding steroid dienone is 4. The number of rotatable bonds is 0. The molecular formula is C24H30O2. The lowest BCUT2D eigenvalue weighted by Gasteiger charge is -2.19. The molecule has 0 aliphatic heterocycles. The second kappa shape index (κ2) is 9.66. The van der Waals surface area contributed by atoms with E-state index in [-0.39, 0.29) is 5.78 Å². The van der Waals surface area contributed by atoms with E-state index in [2.05, 4.69) is 24.3 Å². The van der Waals surface area contributed by atoms with Crippen molar-refractivity contribution in [2.24, 2.45) is 0 Å². The van der Waals surface area contributed by atoms with E-state index in [0.29, 0.717) is 18.6 Å². The van der Waals surface area contributed by atoms with Gasteiger partial charge in [0.2, 0.25) is 0 Å². The minimum absolute atomic E-state index is 0.184. The van der Waals surface area contributed by atoms with E-state index in [1.807, 2.05) is 6.08 Å². The predicted molar refractivity (Wildman–Crippen MR) is 107 cm³/mol. The van der Waals surface area contributed by atoms with Crippen molar-refractivity contribution in [2.45, 2.75) is 77.0 Å². The van der Waals surface area contributed by atoms with E-state index >= 15 is 0 Å². The zero-order valence-electron chi connectivity index (χ0n) is 15.8. The van der Waals surface area contributed by atoms with Gasteiger partial charge in [0.05, 0.1) is 0 Å². The molecule has 0 amide bonds. The molecule has 26 heavy (non-hydrogen) atoms. The van der Waals surface area contributed by atoms with Crippen LogP contribution in [0.2, 0.25) is 0 Å². The van der Waals surface area contributed by atoms with E-state index < -0.39 is 0 Å². The molecule has 2 nitrogen and oxygen atoms in total. The monoisotopic (exact) mass is 350 g/mol. The van der Waals surface area contributed by atoms with Gasteiger partial charge in [0.15, 0.2) is 5.78 Å². The first-order valence-corrected chi connectivity index (χ1v) is 10.3. The highest BCUT2D eigenvalue weighted by Crippen LogP contribution is 2.33. The number of carbonyl (C=O) groups is 2. The van der Waals surface area contributed by atoms with E-state index in [9.17, 15) is 9.59 Å². The second-order valence-electron chi connectivity index (χ2n) is 7.65. The normalized spacial score (nSPS) is 20.6. The fourth-order valence-corrected chi connectivity index (χ4v) is 4.12. The van der Waals surface area contributed by atoms with Gasteiger partial charge in [0.1, 0.15) is 5.78 Å². The average Bonchev–Trinajstić information content (AvgIpc) is 2.64. The number of Topliss-reactive ketones (excluding diaryl/α,β-unsaturated/α-hetero) is 1. The van der Waals surface area contributed by atoms with Gasteiger partial charge in [-0.15, -0.1) is 0 Å². The molecule has 2 heteroatoms. The number of hydrogen-bond donors (Lipinski definition) is 0. The lowest BCUT2D eigenvalue weighted by atomic mass is 9.85. The summed E-state index contributed by atoms with van der Waals surface area (Å²) in [6, 6.07) is 8.57. The summed E-state index contributed by atoms with van der Waals surface area (Å²) < 4.78 is 0. The molecule has 0 saturated carbocycles. The SMILES string of the molecule is O=C1C=CC2=C(C1)c1ccccc1CCCCCCCCC(=O)CCC2. The molecular weight excluding hydrogens is 320 g/mol. The smallest absolute Gasteiger partial charge is 0.160 e. The maximum atomic E-state index is 12.1. The van der Waals surface area contributed by atoms with Crippen molar-refractivity contribution in [3.63, 3.8) is 0 Å². The van der Waals surface area contributed by atoms with Crippen LogP contribution in [0.3, 0.4) is 0 Å². The Labute approximate surface area is 157 Å². The highest BCUT2D eigenvalue weighted by Gasteiger charge is 2.18. The Morgan fingerprint density at radius 1 is 0.654 bits per heavy atom. The predicted octanol–water partition coefficient (Wildman–Crippen LogP) is 6.00. The number of aryl methyl sites for hydroxylation is 1. The average molecular weight is 351 g/mol. The van der Waals surface area contributed by atoms with E-state index in [4.69, 9.17) is 0 Å². The van der Waals surface area contributed by atoms with Crippen molar-refractivity contribution in [1.82, 2.24) is 0 Å². The topological polar surface area (TPSA) is 34.1 Å². The molecule has 0 saturated heterocycles. The standard InChI is InChI=1S/C24H30O2/c25-21-13-6-4-2-1-3-5-10-19-11-7-8-15-23(19)24-18-22(26)17-16-20(24)12-9-14-21/h7-8,11,15-17H,1-6,9-10,12-14,18H2. The van der Waals surface area contributed by atoms with Crippen LogP contribution in [0.1, 0.15) is 81.8 Å². The van der Waals surface area contributed by atoms with Crippen LogP contribution >= 0.6 is 0 Å². The molecule has 0 bridgehead atoms. The van der Waals surface area contributed by atoms with Crippen LogP contribution in [0.25, 0.3) is 5.57 Å². The van der Waals surface area contributed by atoms with E-state index in [1.165, 1.54) is 54.4 Å². The van der Waals surface area contributed by atoms with Gasteiger partial charge in [-0.25, -0.2) is 0 Å². The molecule has 0 atom stereocenters. The van der Waals surface area contributed by atoms with Gasteiger partial charge in [-0.2, -0.15) is 0 Å². The maximum Gasteiger partial charge on any atom is 0.160 e. The summed E-state index contributed by atoms with van der Waals surface area (Å²) >= 11 is 0. The van der Waals surface area contributed by atoms with Crippen molar-refractivity contribution < 1.29 is 9.59 Å². The molecule has 0 fully saturated rings. The quantitative estimate of drug-likeness (QED) is 0.575. The molecule has 0 radical (unpaired) electrons. The molecule has 0 N–H and O–H groups in total. The molecule has 0 aromatic heterocycles. The Morgan fingerprint density at radius 2 is 1.35 bits per heavy atom.